The summed E-state index contributed by atoms with van der Waals surface area (Å²) < 4.78 is 3.79. The summed E-state index contributed by atoms with van der Waals surface area (Å²) in [6.45, 7) is 2.95. The first-order valence-corrected chi connectivity index (χ1v) is 7.92. The lowest BCUT2D eigenvalue weighted by Gasteiger charge is -2.17. The summed E-state index contributed by atoms with van der Waals surface area (Å²) in [4.78, 5) is 0. The van der Waals surface area contributed by atoms with Crippen molar-refractivity contribution in [1.29, 1.82) is 0 Å². The van der Waals surface area contributed by atoms with Crippen LogP contribution < -0.4 is 5.73 Å². The maximum atomic E-state index is 6.38. The molecule has 0 aliphatic heterocycles. The lowest BCUT2D eigenvalue weighted by Crippen LogP contribution is -2.18. The fourth-order valence-corrected chi connectivity index (χ4v) is 3.19. The van der Waals surface area contributed by atoms with Gasteiger partial charge in [0, 0.05) is 16.0 Å². The van der Waals surface area contributed by atoms with Crippen LogP contribution in [0.2, 0.25) is 5.02 Å². The second kappa shape index (κ2) is 6.39. The maximum absolute atomic E-state index is 6.38. The van der Waals surface area contributed by atoms with Crippen molar-refractivity contribution >= 4 is 43.5 Å². The zero-order valence-corrected chi connectivity index (χ0v) is 14.3. The quantitative estimate of drug-likeness (QED) is 0.810. The predicted molar refractivity (Wildman–Crippen MR) is 85.4 cm³/mol. The van der Waals surface area contributed by atoms with E-state index in [0.717, 1.165) is 33.2 Å². The van der Waals surface area contributed by atoms with Crippen LogP contribution in [0.25, 0.3) is 0 Å². The topological polar surface area (TPSA) is 43.8 Å². The maximum Gasteiger partial charge on any atom is 0.0746 e. The Kier molecular flexibility index (Phi) is 5.06. The van der Waals surface area contributed by atoms with Crippen LogP contribution in [-0.2, 0) is 6.54 Å². The molecule has 0 aliphatic rings. The van der Waals surface area contributed by atoms with Gasteiger partial charge >= 0.3 is 0 Å². The summed E-state index contributed by atoms with van der Waals surface area (Å²) in [6, 6.07) is 5.34. The molecule has 3 nitrogen and oxygen atoms in total. The van der Waals surface area contributed by atoms with Crippen molar-refractivity contribution in [2.24, 2.45) is 5.73 Å². The second-order valence-electron chi connectivity index (χ2n) is 4.24. The number of hydrogen-bond donors (Lipinski definition) is 1. The Bertz CT molecular complexity index is 583. The van der Waals surface area contributed by atoms with Crippen LogP contribution in [0.4, 0.5) is 0 Å². The lowest BCUT2D eigenvalue weighted by molar-refractivity contribution is 0.558. The zero-order valence-electron chi connectivity index (χ0n) is 10.4. The van der Waals surface area contributed by atoms with Gasteiger partial charge in [-0.1, -0.05) is 34.5 Å². The molecule has 2 rings (SSSR count). The van der Waals surface area contributed by atoms with E-state index in [2.05, 4.69) is 43.9 Å². The SMILES string of the molecule is CCCn1ncc(Br)c1C(N)c1cc(Cl)ccc1Br. The molecular weight excluding hydrogens is 393 g/mol. The van der Waals surface area contributed by atoms with E-state index in [1.807, 2.05) is 22.9 Å². The van der Waals surface area contributed by atoms with E-state index >= 15 is 0 Å². The number of hydrogen-bond acceptors (Lipinski definition) is 2. The minimum atomic E-state index is -0.281. The number of nitrogens with zero attached hydrogens (tertiary/aromatic N) is 2. The van der Waals surface area contributed by atoms with E-state index in [0.29, 0.717) is 5.02 Å². The minimum Gasteiger partial charge on any atom is -0.319 e. The van der Waals surface area contributed by atoms with Gasteiger partial charge in [0.15, 0.2) is 0 Å². The van der Waals surface area contributed by atoms with Crippen molar-refractivity contribution in [3.8, 4) is 0 Å². The van der Waals surface area contributed by atoms with Crippen LogP contribution in [0.1, 0.15) is 30.6 Å². The molecule has 0 aliphatic carbocycles. The summed E-state index contributed by atoms with van der Waals surface area (Å²) in [5.41, 5.74) is 8.30. The molecule has 0 bridgehead atoms. The third-order valence-corrected chi connectivity index (χ3v) is 4.42. The van der Waals surface area contributed by atoms with Crippen LogP contribution in [0.3, 0.4) is 0 Å². The highest BCUT2D eigenvalue weighted by Crippen LogP contribution is 2.32. The molecular formula is C13H14Br2ClN3. The van der Waals surface area contributed by atoms with Crippen molar-refractivity contribution in [2.45, 2.75) is 25.9 Å². The predicted octanol–water partition coefficient (Wildman–Crippen LogP) is 4.52. The molecule has 0 saturated carbocycles. The summed E-state index contributed by atoms with van der Waals surface area (Å²) in [7, 11) is 0. The fraction of sp³-hybridized carbons (Fsp3) is 0.308. The van der Waals surface area contributed by atoms with Gasteiger partial charge in [0.1, 0.15) is 0 Å². The second-order valence-corrected chi connectivity index (χ2v) is 6.39. The fourth-order valence-electron chi connectivity index (χ4n) is 1.97. The van der Waals surface area contributed by atoms with E-state index in [9.17, 15) is 0 Å². The van der Waals surface area contributed by atoms with Crippen LogP contribution in [0, 0.1) is 0 Å². The third kappa shape index (κ3) is 3.21. The van der Waals surface area contributed by atoms with Crippen molar-refractivity contribution < 1.29 is 0 Å². The number of aromatic nitrogens is 2. The molecule has 2 N–H and O–H groups in total. The molecule has 1 aromatic heterocycles. The Morgan fingerprint density at radius 1 is 1.37 bits per heavy atom. The molecule has 102 valence electrons. The van der Waals surface area contributed by atoms with Gasteiger partial charge in [0.05, 0.1) is 22.4 Å². The largest absolute Gasteiger partial charge is 0.319 e. The van der Waals surface area contributed by atoms with Crippen LogP contribution in [-0.4, -0.2) is 9.78 Å². The molecule has 6 heteroatoms. The molecule has 0 spiro atoms. The third-order valence-electron chi connectivity index (χ3n) is 2.86. The molecule has 2 aromatic rings. The normalized spacial score (nSPS) is 12.7. The van der Waals surface area contributed by atoms with E-state index in [4.69, 9.17) is 17.3 Å². The number of halogens is 3. The molecule has 1 aromatic carbocycles. The smallest absolute Gasteiger partial charge is 0.0746 e. The van der Waals surface area contributed by atoms with E-state index < -0.39 is 0 Å². The zero-order chi connectivity index (χ0) is 14.0. The summed E-state index contributed by atoms with van der Waals surface area (Å²) in [5, 5.41) is 5.02. The molecule has 0 radical (unpaired) electrons. The molecule has 1 unspecified atom stereocenters. The Hall–Kier alpha value is -0.360. The van der Waals surface area contributed by atoms with E-state index in [1.165, 1.54) is 0 Å². The molecule has 0 saturated heterocycles. The van der Waals surface area contributed by atoms with E-state index in [1.54, 1.807) is 6.20 Å². The van der Waals surface area contributed by atoms with E-state index in [-0.39, 0.29) is 6.04 Å². The summed E-state index contributed by atoms with van der Waals surface area (Å²) in [6.07, 6.45) is 2.79. The number of benzene rings is 1. The van der Waals surface area contributed by atoms with Gasteiger partial charge < -0.3 is 5.73 Å². The average molecular weight is 408 g/mol. The minimum absolute atomic E-state index is 0.281. The van der Waals surface area contributed by atoms with Gasteiger partial charge in [-0.2, -0.15) is 5.10 Å². The van der Waals surface area contributed by atoms with Crippen molar-refractivity contribution in [3.63, 3.8) is 0 Å². The number of rotatable bonds is 4. The number of nitrogens with two attached hydrogens (primary N) is 1. The molecule has 19 heavy (non-hydrogen) atoms. The Morgan fingerprint density at radius 3 is 2.79 bits per heavy atom. The van der Waals surface area contributed by atoms with Crippen LogP contribution in [0.5, 0.6) is 0 Å². The summed E-state index contributed by atoms with van der Waals surface area (Å²) >= 11 is 13.1. The van der Waals surface area contributed by atoms with Gasteiger partial charge in [-0.3, -0.25) is 4.68 Å². The monoisotopic (exact) mass is 405 g/mol. The lowest BCUT2D eigenvalue weighted by atomic mass is 10.0. The number of aryl methyl sites for hydroxylation is 1. The first-order valence-electron chi connectivity index (χ1n) is 5.96. The average Bonchev–Trinajstić information content (AvgIpc) is 2.73. The Labute approximate surface area is 134 Å². The molecule has 1 heterocycles. The highest BCUT2D eigenvalue weighted by Gasteiger charge is 2.20. The van der Waals surface area contributed by atoms with Crippen LogP contribution in [0.15, 0.2) is 33.3 Å². The van der Waals surface area contributed by atoms with Crippen molar-refractivity contribution in [1.82, 2.24) is 9.78 Å². The first-order chi connectivity index (χ1) is 9.04. The van der Waals surface area contributed by atoms with Gasteiger partial charge in [-0.15, -0.1) is 0 Å². The van der Waals surface area contributed by atoms with Crippen molar-refractivity contribution in [2.75, 3.05) is 0 Å². The highest BCUT2D eigenvalue weighted by atomic mass is 79.9. The van der Waals surface area contributed by atoms with Crippen LogP contribution >= 0.6 is 43.5 Å². The highest BCUT2D eigenvalue weighted by molar-refractivity contribution is 9.10. The van der Waals surface area contributed by atoms with Gasteiger partial charge in [-0.25, -0.2) is 0 Å². The summed E-state index contributed by atoms with van der Waals surface area (Å²) in [5.74, 6) is 0. The van der Waals surface area contributed by atoms with Gasteiger partial charge in [-0.05, 0) is 46.1 Å². The van der Waals surface area contributed by atoms with Gasteiger partial charge in [0.25, 0.3) is 0 Å². The first kappa shape index (κ1) is 15.0. The molecule has 1 atom stereocenters. The van der Waals surface area contributed by atoms with Crippen molar-refractivity contribution in [3.05, 3.63) is 49.6 Å². The van der Waals surface area contributed by atoms with Gasteiger partial charge in [0.2, 0.25) is 0 Å². The standard InChI is InChI=1S/C13H14Br2ClN3/c1-2-5-19-13(11(15)7-18-19)12(17)9-6-8(16)3-4-10(9)14/h3-4,6-7,12H,2,5,17H2,1H3. The Morgan fingerprint density at radius 2 is 2.11 bits per heavy atom. The Balaban J connectivity index is 2.46. The molecule has 0 fully saturated rings. The molecule has 0 amide bonds.